The van der Waals surface area contributed by atoms with Gasteiger partial charge in [-0.15, -0.1) is 22.7 Å². The summed E-state index contributed by atoms with van der Waals surface area (Å²) in [6.45, 7) is 0.512. The van der Waals surface area contributed by atoms with Gasteiger partial charge in [-0.1, -0.05) is 23.7 Å². The van der Waals surface area contributed by atoms with Crippen LogP contribution in [0.25, 0.3) is 10.1 Å². The summed E-state index contributed by atoms with van der Waals surface area (Å²) < 4.78 is 0.927. The molecule has 0 aliphatic heterocycles. The van der Waals surface area contributed by atoms with Crippen LogP contribution in [0.15, 0.2) is 35.7 Å². The molecule has 0 spiro atoms. The van der Waals surface area contributed by atoms with Crippen LogP contribution in [-0.4, -0.2) is 5.91 Å². The Hall–Kier alpha value is -1.56. The van der Waals surface area contributed by atoms with Gasteiger partial charge in [0.25, 0.3) is 5.91 Å². The third-order valence-electron chi connectivity index (χ3n) is 2.91. The van der Waals surface area contributed by atoms with E-state index in [0.29, 0.717) is 22.1 Å². The van der Waals surface area contributed by atoms with Crippen molar-refractivity contribution in [2.24, 2.45) is 0 Å². The van der Waals surface area contributed by atoms with Crippen LogP contribution < -0.4 is 11.1 Å². The van der Waals surface area contributed by atoms with Gasteiger partial charge < -0.3 is 11.1 Å². The van der Waals surface area contributed by atoms with E-state index in [0.717, 1.165) is 15.0 Å². The number of amides is 1. The van der Waals surface area contributed by atoms with Gasteiger partial charge in [0.2, 0.25) is 0 Å². The molecule has 20 heavy (non-hydrogen) atoms. The number of carbonyl (C=O) groups excluding carboxylic acids is 1. The maximum absolute atomic E-state index is 12.2. The van der Waals surface area contributed by atoms with Crippen LogP contribution in [0.2, 0.25) is 5.02 Å². The summed E-state index contributed by atoms with van der Waals surface area (Å²) in [6, 6.07) is 9.49. The molecular formula is C14H11ClN2OS2. The van der Waals surface area contributed by atoms with E-state index < -0.39 is 0 Å². The number of thiophene rings is 2. The molecule has 3 nitrogen and oxygen atoms in total. The number of anilines is 1. The second kappa shape index (κ2) is 5.44. The SMILES string of the molecule is Nc1c(C(=O)NCc2cccs2)sc2cccc(Cl)c12. The third-order valence-corrected chi connectivity index (χ3v) is 5.27. The van der Waals surface area contributed by atoms with Crippen LogP contribution in [0.4, 0.5) is 5.69 Å². The summed E-state index contributed by atoms with van der Waals surface area (Å²) >= 11 is 9.11. The van der Waals surface area contributed by atoms with Crippen LogP contribution in [0, 0.1) is 0 Å². The van der Waals surface area contributed by atoms with Gasteiger partial charge >= 0.3 is 0 Å². The lowest BCUT2D eigenvalue weighted by Crippen LogP contribution is -2.22. The topological polar surface area (TPSA) is 55.1 Å². The van der Waals surface area contributed by atoms with Crippen LogP contribution >= 0.6 is 34.3 Å². The zero-order valence-electron chi connectivity index (χ0n) is 10.4. The van der Waals surface area contributed by atoms with Crippen molar-refractivity contribution in [2.45, 2.75) is 6.54 Å². The molecule has 3 N–H and O–H groups in total. The van der Waals surface area contributed by atoms with E-state index in [1.165, 1.54) is 11.3 Å². The molecule has 3 aromatic rings. The minimum atomic E-state index is -0.159. The molecule has 0 bridgehead atoms. The van der Waals surface area contributed by atoms with Crippen molar-refractivity contribution in [1.29, 1.82) is 0 Å². The van der Waals surface area contributed by atoms with E-state index in [4.69, 9.17) is 17.3 Å². The number of fused-ring (bicyclic) bond motifs is 1. The standard InChI is InChI=1S/C14H11ClN2OS2/c15-9-4-1-5-10-11(9)12(16)13(20-10)14(18)17-7-8-3-2-6-19-8/h1-6H,7,16H2,(H,17,18). The molecule has 2 heterocycles. The summed E-state index contributed by atoms with van der Waals surface area (Å²) in [7, 11) is 0. The van der Waals surface area contributed by atoms with E-state index >= 15 is 0 Å². The minimum Gasteiger partial charge on any atom is -0.397 e. The fraction of sp³-hybridized carbons (Fsp3) is 0.0714. The summed E-state index contributed by atoms with van der Waals surface area (Å²) in [5, 5.41) is 6.20. The Labute approximate surface area is 129 Å². The average molecular weight is 323 g/mol. The Bertz CT molecular complexity index is 765. The number of benzene rings is 1. The molecule has 3 rings (SSSR count). The van der Waals surface area contributed by atoms with Crippen molar-refractivity contribution >= 4 is 56.0 Å². The Morgan fingerprint density at radius 2 is 2.15 bits per heavy atom. The number of hydrogen-bond acceptors (Lipinski definition) is 4. The first-order chi connectivity index (χ1) is 9.66. The maximum atomic E-state index is 12.2. The largest absolute Gasteiger partial charge is 0.397 e. The molecule has 1 aromatic carbocycles. The van der Waals surface area contributed by atoms with Gasteiger partial charge in [-0.2, -0.15) is 0 Å². The van der Waals surface area contributed by atoms with E-state index in [2.05, 4.69) is 5.32 Å². The molecule has 6 heteroatoms. The minimum absolute atomic E-state index is 0.159. The first-order valence-electron chi connectivity index (χ1n) is 5.94. The van der Waals surface area contributed by atoms with Crippen molar-refractivity contribution in [2.75, 3.05) is 5.73 Å². The molecule has 0 radical (unpaired) electrons. The number of carbonyl (C=O) groups is 1. The number of halogens is 1. The van der Waals surface area contributed by atoms with Crippen LogP contribution in [0.5, 0.6) is 0 Å². The van der Waals surface area contributed by atoms with Crippen LogP contribution in [-0.2, 0) is 6.54 Å². The van der Waals surface area contributed by atoms with E-state index in [-0.39, 0.29) is 5.91 Å². The quantitative estimate of drug-likeness (QED) is 0.761. The maximum Gasteiger partial charge on any atom is 0.263 e. The number of nitrogen functional groups attached to an aromatic ring is 1. The fourth-order valence-electron chi connectivity index (χ4n) is 1.96. The smallest absolute Gasteiger partial charge is 0.263 e. The summed E-state index contributed by atoms with van der Waals surface area (Å²) in [4.78, 5) is 13.8. The van der Waals surface area contributed by atoms with Crippen molar-refractivity contribution in [3.8, 4) is 0 Å². The lowest BCUT2D eigenvalue weighted by molar-refractivity contribution is 0.0956. The van der Waals surface area contributed by atoms with E-state index in [1.54, 1.807) is 17.4 Å². The van der Waals surface area contributed by atoms with Crippen molar-refractivity contribution in [3.05, 3.63) is 50.5 Å². The predicted molar refractivity (Wildman–Crippen MR) is 86.7 cm³/mol. The van der Waals surface area contributed by atoms with Gasteiger partial charge in [-0.25, -0.2) is 0 Å². The Kier molecular flexibility index (Phi) is 3.65. The normalized spacial score (nSPS) is 10.8. The lowest BCUT2D eigenvalue weighted by Gasteiger charge is -2.02. The zero-order valence-corrected chi connectivity index (χ0v) is 12.7. The first kappa shape index (κ1) is 13.4. The molecule has 0 fully saturated rings. The molecule has 0 aliphatic rings. The molecule has 0 atom stereocenters. The lowest BCUT2D eigenvalue weighted by atomic mass is 10.2. The monoisotopic (exact) mass is 322 g/mol. The molecule has 0 aliphatic carbocycles. The highest BCUT2D eigenvalue weighted by molar-refractivity contribution is 7.21. The van der Waals surface area contributed by atoms with E-state index in [9.17, 15) is 4.79 Å². The highest BCUT2D eigenvalue weighted by Gasteiger charge is 2.17. The highest BCUT2D eigenvalue weighted by atomic mass is 35.5. The molecule has 0 saturated heterocycles. The average Bonchev–Trinajstić information content (AvgIpc) is 3.05. The molecule has 0 unspecified atom stereocenters. The Balaban J connectivity index is 1.88. The van der Waals surface area contributed by atoms with Crippen molar-refractivity contribution in [3.63, 3.8) is 0 Å². The Morgan fingerprint density at radius 3 is 2.85 bits per heavy atom. The van der Waals surface area contributed by atoms with Gasteiger partial charge in [-0.3, -0.25) is 4.79 Å². The second-order valence-electron chi connectivity index (χ2n) is 4.22. The molecule has 1 amide bonds. The van der Waals surface area contributed by atoms with Crippen LogP contribution in [0.1, 0.15) is 14.5 Å². The third kappa shape index (κ3) is 2.40. The fourth-order valence-corrected chi connectivity index (χ4v) is 4.00. The predicted octanol–water partition coefficient (Wildman–Crippen LogP) is 4.13. The summed E-state index contributed by atoms with van der Waals surface area (Å²) in [6.07, 6.45) is 0. The molecule has 0 saturated carbocycles. The van der Waals surface area contributed by atoms with Crippen molar-refractivity contribution < 1.29 is 4.79 Å². The van der Waals surface area contributed by atoms with Gasteiger partial charge in [-0.05, 0) is 23.6 Å². The van der Waals surface area contributed by atoms with Gasteiger partial charge in [0.1, 0.15) is 4.88 Å². The molecule has 2 aromatic heterocycles. The second-order valence-corrected chi connectivity index (χ2v) is 6.71. The molecule has 102 valence electrons. The molecular weight excluding hydrogens is 312 g/mol. The number of nitrogens with one attached hydrogen (secondary N) is 1. The summed E-state index contributed by atoms with van der Waals surface area (Å²) in [5.74, 6) is -0.159. The van der Waals surface area contributed by atoms with Gasteiger partial charge in [0.15, 0.2) is 0 Å². The highest BCUT2D eigenvalue weighted by Crippen LogP contribution is 2.37. The van der Waals surface area contributed by atoms with Crippen LogP contribution in [0.3, 0.4) is 0 Å². The van der Waals surface area contributed by atoms with Gasteiger partial charge in [0, 0.05) is 15.0 Å². The number of nitrogens with two attached hydrogens (primary N) is 1. The van der Waals surface area contributed by atoms with E-state index in [1.807, 2.05) is 29.6 Å². The number of rotatable bonds is 3. The number of hydrogen-bond donors (Lipinski definition) is 2. The van der Waals surface area contributed by atoms with Gasteiger partial charge in [0.05, 0.1) is 17.3 Å². The first-order valence-corrected chi connectivity index (χ1v) is 8.01. The Morgan fingerprint density at radius 1 is 1.30 bits per heavy atom. The zero-order chi connectivity index (χ0) is 14.1. The summed E-state index contributed by atoms with van der Waals surface area (Å²) in [5.41, 5.74) is 6.52. The van der Waals surface area contributed by atoms with Crippen molar-refractivity contribution in [1.82, 2.24) is 5.32 Å².